The molecule has 0 aromatic heterocycles. The molecule has 30 heavy (non-hydrogen) atoms. The molecule has 0 bridgehead atoms. The number of aryl methyl sites for hydroxylation is 1. The molecule has 0 spiro atoms. The zero-order valence-corrected chi connectivity index (χ0v) is 17.6. The Morgan fingerprint density at radius 1 is 0.767 bits per heavy atom. The van der Waals surface area contributed by atoms with Crippen LogP contribution in [0.25, 0.3) is 0 Å². The molecule has 1 fully saturated rings. The van der Waals surface area contributed by atoms with E-state index in [1.54, 1.807) is 36.4 Å². The second-order valence-corrected chi connectivity index (χ2v) is 7.88. The summed E-state index contributed by atoms with van der Waals surface area (Å²) in [5.41, 5.74) is 3.56. The van der Waals surface area contributed by atoms with Crippen LogP contribution < -0.4 is 4.90 Å². The lowest BCUT2D eigenvalue weighted by atomic mass is 9.97. The molecule has 4 nitrogen and oxygen atoms in total. The average Bonchev–Trinajstić information content (AvgIpc) is 2.79. The number of piperazine rings is 1. The minimum atomic E-state index is -0.131. The van der Waals surface area contributed by atoms with Crippen molar-refractivity contribution >= 4 is 29.0 Å². The summed E-state index contributed by atoms with van der Waals surface area (Å²) in [5, 5.41) is 0.714. The average molecular weight is 419 g/mol. The molecular weight excluding hydrogens is 396 g/mol. The van der Waals surface area contributed by atoms with E-state index in [0.29, 0.717) is 47.9 Å². The number of carbonyl (C=O) groups excluding carboxylic acids is 2. The molecule has 0 unspecified atom stereocenters. The van der Waals surface area contributed by atoms with Gasteiger partial charge in [0.2, 0.25) is 0 Å². The van der Waals surface area contributed by atoms with Gasteiger partial charge in [0.1, 0.15) is 0 Å². The van der Waals surface area contributed by atoms with Crippen molar-refractivity contribution in [2.24, 2.45) is 0 Å². The molecule has 152 valence electrons. The van der Waals surface area contributed by atoms with Crippen molar-refractivity contribution in [2.75, 3.05) is 31.1 Å². The molecule has 3 aromatic carbocycles. The molecule has 1 aliphatic heterocycles. The van der Waals surface area contributed by atoms with Gasteiger partial charge in [0, 0.05) is 37.3 Å². The van der Waals surface area contributed by atoms with Crippen LogP contribution in [0.1, 0.15) is 31.8 Å². The van der Waals surface area contributed by atoms with E-state index in [4.69, 9.17) is 11.6 Å². The summed E-state index contributed by atoms with van der Waals surface area (Å²) in [4.78, 5) is 30.3. The fourth-order valence-corrected chi connectivity index (χ4v) is 4.01. The maximum Gasteiger partial charge on any atom is 0.254 e. The van der Waals surface area contributed by atoms with E-state index < -0.39 is 0 Å². The SMILES string of the molecule is Cc1ccc(C(=O)c2ccccc2C(=O)N2CCN(c3ccccc3Cl)CC2)cc1. The molecule has 0 N–H and O–H groups in total. The fourth-order valence-electron chi connectivity index (χ4n) is 3.76. The number of hydrogen-bond acceptors (Lipinski definition) is 3. The number of anilines is 1. The largest absolute Gasteiger partial charge is 0.367 e. The van der Waals surface area contributed by atoms with Gasteiger partial charge in [-0.15, -0.1) is 0 Å². The molecule has 0 saturated carbocycles. The summed E-state index contributed by atoms with van der Waals surface area (Å²) in [6.07, 6.45) is 0. The first kappa shape index (κ1) is 20.2. The number of hydrogen-bond donors (Lipinski definition) is 0. The van der Waals surface area contributed by atoms with Gasteiger partial charge in [-0.25, -0.2) is 0 Å². The minimum absolute atomic E-state index is 0.107. The topological polar surface area (TPSA) is 40.6 Å². The summed E-state index contributed by atoms with van der Waals surface area (Å²) in [6, 6.07) is 22.3. The Hall–Kier alpha value is -3.11. The van der Waals surface area contributed by atoms with Gasteiger partial charge < -0.3 is 9.80 Å². The predicted molar refractivity (Wildman–Crippen MR) is 121 cm³/mol. The Kier molecular flexibility index (Phi) is 5.86. The number of halogens is 1. The normalized spacial score (nSPS) is 13.9. The Morgan fingerprint density at radius 2 is 1.37 bits per heavy atom. The number of amides is 1. The molecule has 0 atom stereocenters. The first-order valence-electron chi connectivity index (χ1n) is 10.0. The molecule has 5 heteroatoms. The first-order valence-corrected chi connectivity index (χ1v) is 10.4. The highest BCUT2D eigenvalue weighted by Crippen LogP contribution is 2.26. The summed E-state index contributed by atoms with van der Waals surface area (Å²) in [7, 11) is 0. The van der Waals surface area contributed by atoms with E-state index in [9.17, 15) is 9.59 Å². The van der Waals surface area contributed by atoms with Crippen molar-refractivity contribution in [1.29, 1.82) is 0 Å². The molecule has 3 aromatic rings. The molecular formula is C25H23ClN2O2. The second kappa shape index (κ2) is 8.72. The van der Waals surface area contributed by atoms with Crippen LogP contribution in [0.4, 0.5) is 5.69 Å². The quantitative estimate of drug-likeness (QED) is 0.569. The third kappa shape index (κ3) is 4.10. The van der Waals surface area contributed by atoms with Crippen molar-refractivity contribution in [3.05, 3.63) is 100 Å². The maximum atomic E-state index is 13.2. The van der Waals surface area contributed by atoms with Crippen LogP contribution in [0.5, 0.6) is 0 Å². The third-order valence-electron chi connectivity index (χ3n) is 5.48. The highest BCUT2D eigenvalue weighted by molar-refractivity contribution is 6.33. The van der Waals surface area contributed by atoms with Crippen LogP contribution >= 0.6 is 11.6 Å². The van der Waals surface area contributed by atoms with Gasteiger partial charge in [-0.1, -0.05) is 71.8 Å². The number of nitrogens with zero attached hydrogens (tertiary/aromatic N) is 2. The molecule has 1 saturated heterocycles. The molecule has 0 radical (unpaired) electrons. The summed E-state index contributed by atoms with van der Waals surface area (Å²) in [5.74, 6) is -0.237. The van der Waals surface area contributed by atoms with Gasteiger partial charge >= 0.3 is 0 Å². The van der Waals surface area contributed by atoms with Crippen molar-refractivity contribution in [3.8, 4) is 0 Å². The van der Waals surface area contributed by atoms with E-state index in [-0.39, 0.29) is 11.7 Å². The zero-order valence-electron chi connectivity index (χ0n) is 16.8. The van der Waals surface area contributed by atoms with Crippen LogP contribution in [0.2, 0.25) is 5.02 Å². The third-order valence-corrected chi connectivity index (χ3v) is 5.80. The smallest absolute Gasteiger partial charge is 0.254 e. The fraction of sp³-hybridized carbons (Fsp3) is 0.200. The second-order valence-electron chi connectivity index (χ2n) is 7.47. The van der Waals surface area contributed by atoms with Crippen LogP contribution in [-0.4, -0.2) is 42.8 Å². The summed E-state index contributed by atoms with van der Waals surface area (Å²) in [6.45, 7) is 4.54. The lowest BCUT2D eigenvalue weighted by molar-refractivity contribution is 0.0742. The van der Waals surface area contributed by atoms with Crippen molar-refractivity contribution < 1.29 is 9.59 Å². The Balaban J connectivity index is 1.51. The first-order chi connectivity index (χ1) is 14.5. The highest BCUT2D eigenvalue weighted by Gasteiger charge is 2.26. The monoisotopic (exact) mass is 418 g/mol. The van der Waals surface area contributed by atoms with Gasteiger partial charge in [0.05, 0.1) is 16.3 Å². The maximum absolute atomic E-state index is 13.2. The number of para-hydroxylation sites is 1. The van der Waals surface area contributed by atoms with Gasteiger partial charge in [-0.3, -0.25) is 9.59 Å². The lowest BCUT2D eigenvalue weighted by Gasteiger charge is -2.36. The number of rotatable bonds is 4. The molecule has 1 heterocycles. The van der Waals surface area contributed by atoms with E-state index in [1.807, 2.05) is 48.2 Å². The zero-order chi connectivity index (χ0) is 21.1. The van der Waals surface area contributed by atoms with Gasteiger partial charge in [-0.2, -0.15) is 0 Å². The minimum Gasteiger partial charge on any atom is -0.367 e. The van der Waals surface area contributed by atoms with Crippen LogP contribution in [0.3, 0.4) is 0 Å². The van der Waals surface area contributed by atoms with Crippen LogP contribution in [-0.2, 0) is 0 Å². The number of ketones is 1. The standard InChI is InChI=1S/C25H23ClN2O2/c1-18-10-12-19(13-11-18)24(29)20-6-2-3-7-21(20)25(30)28-16-14-27(15-17-28)23-9-5-4-8-22(23)26/h2-13H,14-17H2,1H3. The summed E-state index contributed by atoms with van der Waals surface area (Å²) >= 11 is 6.32. The van der Waals surface area contributed by atoms with Crippen molar-refractivity contribution in [3.63, 3.8) is 0 Å². The Labute approximate surface area is 181 Å². The Bertz CT molecular complexity index is 1070. The summed E-state index contributed by atoms with van der Waals surface area (Å²) < 4.78 is 0. The van der Waals surface area contributed by atoms with Gasteiger partial charge in [0.15, 0.2) is 5.78 Å². The van der Waals surface area contributed by atoms with Gasteiger partial charge in [-0.05, 0) is 25.1 Å². The molecule has 4 rings (SSSR count). The van der Waals surface area contributed by atoms with E-state index in [1.165, 1.54) is 0 Å². The van der Waals surface area contributed by atoms with Gasteiger partial charge in [0.25, 0.3) is 5.91 Å². The van der Waals surface area contributed by atoms with E-state index in [2.05, 4.69) is 4.90 Å². The van der Waals surface area contributed by atoms with Crippen LogP contribution in [0, 0.1) is 6.92 Å². The van der Waals surface area contributed by atoms with E-state index in [0.717, 1.165) is 11.3 Å². The van der Waals surface area contributed by atoms with E-state index >= 15 is 0 Å². The lowest BCUT2D eigenvalue weighted by Crippen LogP contribution is -2.49. The predicted octanol–water partition coefficient (Wildman–Crippen LogP) is 4.84. The molecule has 1 amide bonds. The number of carbonyl (C=O) groups is 2. The Morgan fingerprint density at radius 3 is 2.03 bits per heavy atom. The number of benzene rings is 3. The van der Waals surface area contributed by atoms with Crippen molar-refractivity contribution in [2.45, 2.75) is 6.92 Å². The van der Waals surface area contributed by atoms with Crippen LogP contribution in [0.15, 0.2) is 72.8 Å². The molecule has 1 aliphatic rings. The molecule has 0 aliphatic carbocycles. The van der Waals surface area contributed by atoms with Crippen molar-refractivity contribution in [1.82, 2.24) is 4.90 Å². The highest BCUT2D eigenvalue weighted by atomic mass is 35.5.